The second-order valence-corrected chi connectivity index (χ2v) is 5.08. The number of benzene rings is 1. The summed E-state index contributed by atoms with van der Waals surface area (Å²) in [5.74, 6) is 0.200. The van der Waals surface area contributed by atoms with Gasteiger partial charge >= 0.3 is 0 Å². The van der Waals surface area contributed by atoms with Crippen molar-refractivity contribution in [2.45, 2.75) is 13.8 Å². The molecule has 0 bridgehead atoms. The van der Waals surface area contributed by atoms with Gasteiger partial charge in [0.25, 0.3) is 11.1 Å². The van der Waals surface area contributed by atoms with Crippen LogP contribution in [0.4, 0.5) is 0 Å². The molecule has 0 unspecified atom stereocenters. The van der Waals surface area contributed by atoms with E-state index in [9.17, 15) is 9.59 Å². The second kappa shape index (κ2) is 5.74. The van der Waals surface area contributed by atoms with Crippen LogP contribution in [0.2, 0.25) is 0 Å². The van der Waals surface area contributed by atoms with E-state index in [0.717, 1.165) is 5.56 Å². The van der Waals surface area contributed by atoms with Crippen LogP contribution in [0.3, 0.4) is 0 Å². The Bertz CT molecular complexity index is 828. The van der Waals surface area contributed by atoms with E-state index in [2.05, 4.69) is 4.98 Å². The summed E-state index contributed by atoms with van der Waals surface area (Å²) >= 11 is 0. The maximum atomic E-state index is 12.3. The maximum absolute atomic E-state index is 12.3. The zero-order valence-corrected chi connectivity index (χ0v) is 11.9. The molecule has 1 aromatic carbocycles. The van der Waals surface area contributed by atoms with Gasteiger partial charge in [0.2, 0.25) is 0 Å². The molecular weight excluding hydrogens is 252 g/mol. The Labute approximate surface area is 116 Å². The fourth-order valence-corrected chi connectivity index (χ4v) is 2.00. The summed E-state index contributed by atoms with van der Waals surface area (Å²) in [6, 6.07) is 9.43. The molecule has 4 heteroatoms. The lowest BCUT2D eigenvalue weighted by molar-refractivity contribution is 0.760. The van der Waals surface area contributed by atoms with Crippen LogP contribution in [0.25, 0.3) is 12.2 Å². The van der Waals surface area contributed by atoms with Crippen molar-refractivity contribution in [1.82, 2.24) is 9.55 Å². The molecule has 0 atom stereocenters. The first-order valence-corrected chi connectivity index (χ1v) is 6.57. The molecule has 2 aromatic rings. The van der Waals surface area contributed by atoms with Crippen LogP contribution < -0.4 is 21.8 Å². The van der Waals surface area contributed by atoms with E-state index in [-0.39, 0.29) is 17.0 Å². The van der Waals surface area contributed by atoms with Crippen molar-refractivity contribution in [1.29, 1.82) is 0 Å². The average molecular weight is 270 g/mol. The van der Waals surface area contributed by atoms with Crippen molar-refractivity contribution in [3.8, 4) is 0 Å². The van der Waals surface area contributed by atoms with Crippen LogP contribution in [0.15, 0.2) is 39.9 Å². The highest BCUT2D eigenvalue weighted by atomic mass is 16.1. The zero-order valence-electron chi connectivity index (χ0n) is 11.9. The molecule has 0 amide bonds. The number of hydrogen-bond donors (Lipinski definition) is 1. The summed E-state index contributed by atoms with van der Waals surface area (Å²) in [5, 5.41) is 0.694. The summed E-state index contributed by atoms with van der Waals surface area (Å²) < 4.78 is 1.40. The first-order valence-electron chi connectivity index (χ1n) is 6.57. The molecule has 1 heterocycles. The SMILES string of the molecule is CC(C)/C=c1/c(=O)[nH]/c(=C\c2ccccc2)c(=O)n1C. The Kier molecular flexibility index (Phi) is 4.03. The predicted octanol–water partition coefficient (Wildman–Crippen LogP) is 0.339. The second-order valence-electron chi connectivity index (χ2n) is 5.08. The zero-order chi connectivity index (χ0) is 14.7. The highest BCUT2D eigenvalue weighted by Gasteiger charge is 2.01. The van der Waals surface area contributed by atoms with Gasteiger partial charge in [0.05, 0.1) is 0 Å². The summed E-state index contributed by atoms with van der Waals surface area (Å²) in [5.41, 5.74) is 0.421. The van der Waals surface area contributed by atoms with Gasteiger partial charge in [-0.2, -0.15) is 0 Å². The smallest absolute Gasteiger partial charge is 0.274 e. The Morgan fingerprint density at radius 3 is 2.40 bits per heavy atom. The van der Waals surface area contributed by atoms with E-state index >= 15 is 0 Å². The lowest BCUT2D eigenvalue weighted by Gasteiger charge is -2.01. The summed E-state index contributed by atoms with van der Waals surface area (Å²) in [6.07, 6.45) is 3.47. The number of aromatic nitrogens is 2. The highest BCUT2D eigenvalue weighted by molar-refractivity contribution is 5.47. The molecular formula is C16H18N2O2. The fourth-order valence-electron chi connectivity index (χ4n) is 2.00. The lowest BCUT2D eigenvalue weighted by atomic mass is 10.2. The van der Waals surface area contributed by atoms with Gasteiger partial charge < -0.3 is 9.55 Å². The summed E-state index contributed by atoms with van der Waals surface area (Å²) in [6.45, 7) is 3.93. The molecule has 4 nitrogen and oxygen atoms in total. The van der Waals surface area contributed by atoms with Gasteiger partial charge in [-0.25, -0.2) is 0 Å². The monoisotopic (exact) mass is 270 g/mol. The number of hydrogen-bond acceptors (Lipinski definition) is 2. The van der Waals surface area contributed by atoms with Gasteiger partial charge in [0.15, 0.2) is 0 Å². The van der Waals surface area contributed by atoms with Crippen molar-refractivity contribution in [2.24, 2.45) is 13.0 Å². The van der Waals surface area contributed by atoms with Crippen LogP contribution in [0, 0.1) is 5.92 Å². The third-order valence-corrected chi connectivity index (χ3v) is 2.98. The van der Waals surface area contributed by atoms with Crippen molar-refractivity contribution in [2.75, 3.05) is 0 Å². The molecule has 20 heavy (non-hydrogen) atoms. The van der Waals surface area contributed by atoms with Crippen molar-refractivity contribution in [3.05, 3.63) is 67.3 Å². The maximum Gasteiger partial charge on any atom is 0.274 e. The number of nitrogens with one attached hydrogen (secondary N) is 1. The first kappa shape index (κ1) is 14.1. The van der Waals surface area contributed by atoms with E-state index in [1.54, 1.807) is 19.2 Å². The predicted molar refractivity (Wildman–Crippen MR) is 80.9 cm³/mol. The molecule has 1 N–H and O–H groups in total. The molecule has 0 aliphatic carbocycles. The standard InChI is InChI=1S/C16H18N2O2/c1-11(2)9-14-15(19)17-13(16(20)18(14)3)10-12-7-5-4-6-8-12/h4-11H,1-3H3,(H,17,19)/b13-10-,14-9-. The first-order chi connectivity index (χ1) is 9.49. The van der Waals surface area contributed by atoms with Gasteiger partial charge in [-0.15, -0.1) is 0 Å². The van der Waals surface area contributed by atoms with Crippen molar-refractivity contribution >= 4 is 12.2 Å². The van der Waals surface area contributed by atoms with E-state index < -0.39 is 0 Å². The molecule has 0 spiro atoms. The number of aromatic amines is 1. The number of H-pyrrole nitrogens is 1. The molecule has 104 valence electrons. The van der Waals surface area contributed by atoms with Crippen LogP contribution in [0.5, 0.6) is 0 Å². The van der Waals surface area contributed by atoms with Crippen molar-refractivity contribution < 1.29 is 0 Å². The third-order valence-electron chi connectivity index (χ3n) is 2.98. The van der Waals surface area contributed by atoms with Gasteiger partial charge in [-0.05, 0) is 17.6 Å². The molecule has 0 saturated heterocycles. The Balaban J connectivity index is 2.75. The minimum Gasteiger partial charge on any atom is -0.316 e. The van der Waals surface area contributed by atoms with Crippen LogP contribution in [0.1, 0.15) is 19.4 Å². The van der Waals surface area contributed by atoms with E-state index in [4.69, 9.17) is 0 Å². The molecule has 0 radical (unpaired) electrons. The number of nitrogens with zero attached hydrogens (tertiary/aromatic N) is 1. The molecule has 0 saturated carbocycles. The molecule has 0 aliphatic rings. The van der Waals surface area contributed by atoms with Crippen LogP contribution in [-0.2, 0) is 7.05 Å². The molecule has 2 rings (SSSR count). The highest BCUT2D eigenvalue weighted by Crippen LogP contribution is 1.97. The quantitative estimate of drug-likeness (QED) is 0.855. The Morgan fingerprint density at radius 1 is 1.15 bits per heavy atom. The lowest BCUT2D eigenvalue weighted by Crippen LogP contribution is -2.52. The van der Waals surface area contributed by atoms with Gasteiger partial charge in [-0.1, -0.05) is 50.3 Å². The molecule has 0 fully saturated rings. The van der Waals surface area contributed by atoms with Crippen molar-refractivity contribution in [3.63, 3.8) is 0 Å². The summed E-state index contributed by atoms with van der Waals surface area (Å²) in [4.78, 5) is 27.0. The van der Waals surface area contributed by atoms with Gasteiger partial charge in [0, 0.05) is 7.05 Å². The third kappa shape index (κ3) is 2.96. The Morgan fingerprint density at radius 2 is 1.80 bits per heavy atom. The van der Waals surface area contributed by atoms with Crippen LogP contribution >= 0.6 is 0 Å². The fraction of sp³-hybridized carbons (Fsp3) is 0.250. The largest absolute Gasteiger partial charge is 0.316 e. The number of rotatable bonds is 2. The van der Waals surface area contributed by atoms with Gasteiger partial charge in [-0.3, -0.25) is 9.59 Å². The normalized spacial score (nSPS) is 13.2. The topological polar surface area (TPSA) is 54.9 Å². The summed E-state index contributed by atoms with van der Waals surface area (Å²) in [7, 11) is 1.62. The van der Waals surface area contributed by atoms with Crippen LogP contribution in [-0.4, -0.2) is 9.55 Å². The van der Waals surface area contributed by atoms with E-state index in [1.807, 2.05) is 44.2 Å². The minimum absolute atomic E-state index is 0.200. The van der Waals surface area contributed by atoms with E-state index in [1.165, 1.54) is 4.57 Å². The van der Waals surface area contributed by atoms with Gasteiger partial charge in [0.1, 0.15) is 10.7 Å². The minimum atomic E-state index is -0.247. The average Bonchev–Trinajstić information content (AvgIpc) is 2.42. The molecule has 1 aromatic heterocycles. The van der Waals surface area contributed by atoms with E-state index in [0.29, 0.717) is 10.7 Å². The Hall–Kier alpha value is -2.36. The molecule has 0 aliphatic heterocycles.